The highest BCUT2D eigenvalue weighted by Gasteiger charge is 2.19. The van der Waals surface area contributed by atoms with E-state index in [1.807, 2.05) is 99.6 Å². The average Bonchev–Trinajstić information content (AvgIpc) is 3.32. The van der Waals surface area contributed by atoms with Crippen LogP contribution in [0.1, 0.15) is 59.7 Å². The van der Waals surface area contributed by atoms with Gasteiger partial charge in [-0.25, -0.2) is 0 Å². The Hall–Kier alpha value is -5.38. The van der Waals surface area contributed by atoms with E-state index >= 15 is 0 Å². The Labute approximate surface area is 433 Å². The molecule has 16 heteroatoms. The van der Waals surface area contributed by atoms with Gasteiger partial charge in [0.05, 0.1) is 55.6 Å². The maximum absolute atomic E-state index is 12.7. The Morgan fingerprint density at radius 3 is 1.04 bits per heavy atom. The number of carbonyl (C=O) groups excluding carboxylic acids is 3. The molecule has 362 valence electrons. The maximum atomic E-state index is 12.7. The van der Waals surface area contributed by atoms with Gasteiger partial charge in [0.25, 0.3) is 0 Å². The second-order valence-corrected chi connectivity index (χ2v) is 18.1. The zero-order valence-corrected chi connectivity index (χ0v) is 44.8. The Bertz CT molecular complexity index is 2470. The molecule has 0 radical (unpaired) electrons. The highest BCUT2D eigenvalue weighted by atomic mass is 127. The molecule has 0 bridgehead atoms. The number of allylic oxidation sites excluding steroid dienone is 3. The summed E-state index contributed by atoms with van der Waals surface area (Å²) in [4.78, 5) is 36.7. The Morgan fingerprint density at radius 2 is 0.765 bits per heavy atom. The van der Waals surface area contributed by atoms with E-state index in [0.717, 1.165) is 48.6 Å². The van der Waals surface area contributed by atoms with Gasteiger partial charge in [0.1, 0.15) is 17.2 Å². The smallest absolute Gasteiger partial charge is 0.244 e. The molecule has 11 nitrogen and oxygen atoms in total. The zero-order chi connectivity index (χ0) is 50.5. The summed E-state index contributed by atoms with van der Waals surface area (Å²) >= 11 is 27.3. The van der Waals surface area contributed by atoms with Crippen molar-refractivity contribution in [3.8, 4) is 28.7 Å². The highest BCUT2D eigenvalue weighted by Crippen LogP contribution is 2.43. The Kier molecular flexibility index (Phi) is 24.1. The number of rotatable bonds is 16. The van der Waals surface area contributed by atoms with E-state index in [4.69, 9.17) is 70.1 Å². The molecule has 5 aromatic rings. The predicted octanol–water partition coefficient (Wildman–Crippen LogP) is 12.7. The standard InChI is InChI=1S/C31H32Cl2N2O5.C12H14INO2.C9H10Cl2O/c1-19(14-27(36)34-17-21-6-10-23(38-3)11-7-21)25-16-26(30(33)31(40-5)29(25)32)20(2)15-28(37)35-18-22-8-12-24(39-4)13-9-22;1-9(13)7-12(15)14-8-10-3-5-11(16-2)6-4-10;1-5-4-6(2)8(11)9(12-3)7(5)10/h6-16H,17-18H2,1-5H3,(H,34,36)(H,35,37);3-7H,8H2,1-2H3,(H,14,15);4H,1-3H3/b19-14-,20-15-;9-7-;. The molecule has 5 rings (SSSR count). The van der Waals surface area contributed by atoms with Crippen LogP contribution in [0.2, 0.25) is 20.1 Å². The van der Waals surface area contributed by atoms with Crippen molar-refractivity contribution >= 4 is 97.9 Å². The molecule has 0 aliphatic rings. The summed E-state index contributed by atoms with van der Waals surface area (Å²) < 4.78 is 26.9. The van der Waals surface area contributed by atoms with Crippen LogP contribution in [0.5, 0.6) is 28.7 Å². The summed E-state index contributed by atoms with van der Waals surface area (Å²) in [5.74, 6) is 2.49. The molecular weight excluding hydrogens is 1060 g/mol. The summed E-state index contributed by atoms with van der Waals surface area (Å²) in [5.41, 5.74) is 7.20. The lowest BCUT2D eigenvalue weighted by Crippen LogP contribution is -2.20. The number of halogens is 5. The lowest BCUT2D eigenvalue weighted by molar-refractivity contribution is -0.117. The summed E-state index contributed by atoms with van der Waals surface area (Å²) in [6, 6.07) is 26.1. The van der Waals surface area contributed by atoms with Gasteiger partial charge < -0.3 is 39.6 Å². The number of aryl methyl sites for hydroxylation is 2. The summed E-state index contributed by atoms with van der Waals surface area (Å²) in [6.45, 7) is 10.5. The van der Waals surface area contributed by atoms with Crippen molar-refractivity contribution in [2.24, 2.45) is 0 Å². The van der Waals surface area contributed by atoms with Crippen LogP contribution in [-0.2, 0) is 34.0 Å². The molecule has 0 unspecified atom stereocenters. The topological polar surface area (TPSA) is 133 Å². The summed E-state index contributed by atoms with van der Waals surface area (Å²) in [7, 11) is 7.85. The number of carbonyl (C=O) groups is 3. The minimum Gasteiger partial charge on any atom is -0.497 e. The maximum Gasteiger partial charge on any atom is 0.244 e. The Morgan fingerprint density at radius 1 is 0.471 bits per heavy atom. The van der Waals surface area contributed by atoms with Crippen molar-refractivity contribution in [3.63, 3.8) is 0 Å². The van der Waals surface area contributed by atoms with Gasteiger partial charge in [-0.3, -0.25) is 14.4 Å². The van der Waals surface area contributed by atoms with Crippen molar-refractivity contribution in [2.45, 2.75) is 54.3 Å². The third kappa shape index (κ3) is 17.9. The van der Waals surface area contributed by atoms with Gasteiger partial charge in [-0.2, -0.15) is 0 Å². The van der Waals surface area contributed by atoms with Crippen molar-refractivity contribution in [1.82, 2.24) is 16.0 Å². The third-order valence-electron chi connectivity index (χ3n) is 9.84. The second kappa shape index (κ2) is 28.8. The van der Waals surface area contributed by atoms with Gasteiger partial charge in [0.15, 0.2) is 11.5 Å². The number of hydrogen-bond acceptors (Lipinski definition) is 8. The predicted molar refractivity (Wildman–Crippen MR) is 285 cm³/mol. The van der Waals surface area contributed by atoms with Crippen LogP contribution in [0.3, 0.4) is 0 Å². The van der Waals surface area contributed by atoms with Gasteiger partial charge >= 0.3 is 0 Å². The van der Waals surface area contributed by atoms with Crippen molar-refractivity contribution < 1.29 is 38.1 Å². The monoisotopic (exact) mass is 1120 g/mol. The van der Waals surface area contributed by atoms with Gasteiger partial charge in [0.2, 0.25) is 17.7 Å². The summed E-state index contributed by atoms with van der Waals surface area (Å²) in [5, 5.41) is 10.3. The first-order valence-corrected chi connectivity index (χ1v) is 23.4. The first kappa shape index (κ1) is 56.9. The molecule has 68 heavy (non-hydrogen) atoms. The average molecular weight is 1120 g/mol. The van der Waals surface area contributed by atoms with E-state index in [-0.39, 0.29) is 33.5 Å². The van der Waals surface area contributed by atoms with Crippen LogP contribution >= 0.6 is 69.0 Å². The first-order chi connectivity index (χ1) is 32.3. The van der Waals surface area contributed by atoms with Gasteiger partial charge in [0, 0.05) is 49.0 Å². The molecular formula is C52H56Cl4IN3O8. The number of benzene rings is 5. The van der Waals surface area contributed by atoms with E-state index in [9.17, 15) is 14.4 Å². The van der Waals surface area contributed by atoms with Crippen LogP contribution in [-0.4, -0.2) is 53.3 Å². The molecule has 0 saturated heterocycles. The number of nitrogens with one attached hydrogen (secondary N) is 3. The normalized spacial score (nSPS) is 11.2. The third-order valence-corrected chi connectivity index (χ3v) is 11.8. The SMILES string of the molecule is COc1c(Cl)c(C)cc(C)c1Cl.COc1ccc(CNC(=O)/C=C(/C)I)cc1.COc1ccc(CNC(=O)/C=C(/C)c2cc(/C(C)=C\C(=O)NCc3ccc(OC)cc3)c(Cl)c(OC)c2Cl)cc1. The molecule has 0 spiro atoms. The van der Waals surface area contributed by atoms with E-state index in [1.54, 1.807) is 54.4 Å². The zero-order valence-electron chi connectivity index (χ0n) is 39.6. The Balaban J connectivity index is 0.000000354. The van der Waals surface area contributed by atoms with Crippen LogP contribution in [0.25, 0.3) is 11.1 Å². The summed E-state index contributed by atoms with van der Waals surface area (Å²) in [6.07, 6.45) is 4.50. The van der Waals surface area contributed by atoms with E-state index in [2.05, 4.69) is 38.5 Å². The van der Waals surface area contributed by atoms with E-state index in [1.165, 1.54) is 19.3 Å². The van der Waals surface area contributed by atoms with Crippen molar-refractivity contribution in [3.05, 3.63) is 166 Å². The minimum atomic E-state index is -0.287. The lowest BCUT2D eigenvalue weighted by atomic mass is 9.98. The number of amides is 3. The van der Waals surface area contributed by atoms with Crippen LogP contribution in [0, 0.1) is 13.8 Å². The van der Waals surface area contributed by atoms with Crippen molar-refractivity contribution in [2.75, 3.05) is 35.5 Å². The van der Waals surface area contributed by atoms with Gasteiger partial charge in [-0.15, -0.1) is 0 Å². The van der Waals surface area contributed by atoms with Crippen LogP contribution in [0.15, 0.2) is 107 Å². The quantitative estimate of drug-likeness (QED) is 0.0657. The minimum absolute atomic E-state index is 0.0669. The number of ether oxygens (including phenoxy) is 5. The van der Waals surface area contributed by atoms with Crippen molar-refractivity contribution in [1.29, 1.82) is 0 Å². The number of hydrogen-bond donors (Lipinski definition) is 3. The molecule has 0 atom stereocenters. The number of methoxy groups -OCH3 is 5. The molecule has 0 aliphatic carbocycles. The van der Waals surface area contributed by atoms with Crippen LogP contribution < -0.4 is 39.6 Å². The fourth-order valence-electron chi connectivity index (χ4n) is 6.13. The fourth-order valence-corrected chi connectivity index (χ4v) is 7.71. The molecule has 0 saturated carbocycles. The molecule has 0 aliphatic heterocycles. The molecule has 0 fully saturated rings. The van der Waals surface area contributed by atoms with Gasteiger partial charge in [-0.1, -0.05) is 88.9 Å². The molecule has 0 heterocycles. The van der Waals surface area contributed by atoms with E-state index < -0.39 is 0 Å². The highest BCUT2D eigenvalue weighted by molar-refractivity contribution is 14.1. The van der Waals surface area contributed by atoms with Gasteiger partial charge in [-0.05, 0) is 142 Å². The fraction of sp³-hybridized carbons (Fsp3) is 0.250. The van der Waals surface area contributed by atoms with E-state index in [0.29, 0.717) is 57.7 Å². The molecule has 3 amide bonds. The van der Waals surface area contributed by atoms with Crippen LogP contribution in [0.4, 0.5) is 0 Å². The molecule has 0 aromatic heterocycles. The molecule has 3 N–H and O–H groups in total. The molecule has 5 aromatic carbocycles. The first-order valence-electron chi connectivity index (χ1n) is 20.8. The largest absolute Gasteiger partial charge is 0.497 e. The second-order valence-electron chi connectivity index (χ2n) is 14.9. The lowest BCUT2D eigenvalue weighted by Gasteiger charge is -2.16.